The maximum Gasteiger partial charge on any atom is 0.0904 e. The highest BCUT2D eigenvalue weighted by Gasteiger charge is 2.42. The van der Waals surface area contributed by atoms with Crippen LogP contribution in [-0.2, 0) is 0 Å². The van der Waals surface area contributed by atoms with Crippen molar-refractivity contribution in [3.63, 3.8) is 0 Å². The molecule has 0 aromatic heterocycles. The van der Waals surface area contributed by atoms with Crippen LogP contribution in [0.5, 0.6) is 0 Å². The zero-order valence-electron chi connectivity index (χ0n) is 10.6. The van der Waals surface area contributed by atoms with E-state index in [9.17, 15) is 5.21 Å². The third-order valence-electron chi connectivity index (χ3n) is 3.69. The van der Waals surface area contributed by atoms with Crippen molar-refractivity contribution in [3.05, 3.63) is 69.2 Å². The highest BCUT2D eigenvalue weighted by atomic mass is 79.9. The maximum absolute atomic E-state index is 9.32. The van der Waals surface area contributed by atoms with Gasteiger partial charge in [0.2, 0.25) is 0 Å². The minimum Gasteiger partial charge on any atom is -0.411 e. The van der Waals surface area contributed by atoms with Crippen LogP contribution in [0.2, 0.25) is 5.02 Å². The fourth-order valence-corrected chi connectivity index (χ4v) is 2.93. The first-order valence-corrected chi connectivity index (χ1v) is 7.59. The van der Waals surface area contributed by atoms with Gasteiger partial charge in [0.25, 0.3) is 0 Å². The van der Waals surface area contributed by atoms with Gasteiger partial charge in [-0.25, -0.2) is 0 Å². The average Bonchev–Trinajstić information content (AvgIpc) is 3.23. The van der Waals surface area contributed by atoms with Gasteiger partial charge in [-0.2, -0.15) is 0 Å². The summed E-state index contributed by atoms with van der Waals surface area (Å²) in [6.45, 7) is 0. The summed E-state index contributed by atoms with van der Waals surface area (Å²) < 4.78 is 1.02. The minimum atomic E-state index is 0.280. The molecule has 1 aliphatic carbocycles. The van der Waals surface area contributed by atoms with Gasteiger partial charge in [0.05, 0.1) is 5.71 Å². The van der Waals surface area contributed by atoms with Gasteiger partial charge in [0.15, 0.2) is 0 Å². The van der Waals surface area contributed by atoms with Gasteiger partial charge in [0.1, 0.15) is 0 Å². The zero-order valence-corrected chi connectivity index (χ0v) is 13.0. The Labute approximate surface area is 131 Å². The lowest BCUT2D eigenvalue weighted by molar-refractivity contribution is 0.317. The van der Waals surface area contributed by atoms with Crippen molar-refractivity contribution in [1.82, 2.24) is 0 Å². The number of hydrogen-bond donors (Lipinski definition) is 1. The van der Waals surface area contributed by atoms with Crippen LogP contribution in [0.3, 0.4) is 0 Å². The molecule has 2 aromatic rings. The fraction of sp³-hybridized carbons (Fsp3) is 0.188. The number of benzene rings is 2. The molecule has 0 heterocycles. The summed E-state index contributed by atoms with van der Waals surface area (Å²) in [7, 11) is 0. The molecule has 0 saturated heterocycles. The first kappa shape index (κ1) is 13.7. The van der Waals surface area contributed by atoms with Crippen molar-refractivity contribution in [2.75, 3.05) is 0 Å². The third kappa shape index (κ3) is 2.74. The van der Waals surface area contributed by atoms with E-state index in [0.717, 1.165) is 27.2 Å². The Kier molecular flexibility index (Phi) is 3.81. The standard InChI is InChI=1S/C16H13BrClNO/c17-12-5-1-11(2-6-12)16(19-20)15-9-14(15)10-3-7-13(18)8-4-10/h1-8,14-15,20H,9H2. The molecule has 4 heteroatoms. The van der Waals surface area contributed by atoms with Gasteiger partial charge in [-0.05, 0) is 47.7 Å². The summed E-state index contributed by atoms with van der Waals surface area (Å²) in [5.41, 5.74) is 2.98. The number of halogens is 2. The van der Waals surface area contributed by atoms with E-state index in [1.165, 1.54) is 5.56 Å². The van der Waals surface area contributed by atoms with Crippen LogP contribution in [0, 0.1) is 5.92 Å². The Bertz CT molecular complexity index is 637. The highest BCUT2D eigenvalue weighted by molar-refractivity contribution is 9.10. The van der Waals surface area contributed by atoms with Crippen LogP contribution in [-0.4, -0.2) is 10.9 Å². The van der Waals surface area contributed by atoms with Crippen molar-refractivity contribution < 1.29 is 5.21 Å². The summed E-state index contributed by atoms with van der Waals surface area (Å²) in [6.07, 6.45) is 1.01. The second-order valence-corrected chi connectivity index (χ2v) is 6.34. The van der Waals surface area contributed by atoms with Crippen LogP contribution in [0.1, 0.15) is 23.5 Å². The second-order valence-electron chi connectivity index (χ2n) is 4.99. The van der Waals surface area contributed by atoms with E-state index in [1.54, 1.807) is 0 Å². The van der Waals surface area contributed by atoms with Crippen LogP contribution in [0.25, 0.3) is 0 Å². The molecule has 1 aliphatic rings. The van der Waals surface area contributed by atoms with E-state index in [2.05, 4.69) is 21.1 Å². The van der Waals surface area contributed by atoms with Crippen LogP contribution in [0.4, 0.5) is 0 Å². The molecule has 1 N–H and O–H groups in total. The quantitative estimate of drug-likeness (QED) is 0.467. The topological polar surface area (TPSA) is 32.6 Å². The smallest absolute Gasteiger partial charge is 0.0904 e. The molecule has 0 amide bonds. The fourth-order valence-electron chi connectivity index (χ4n) is 2.54. The molecule has 3 rings (SSSR count). The van der Waals surface area contributed by atoms with Gasteiger partial charge in [-0.15, -0.1) is 0 Å². The molecule has 2 nitrogen and oxygen atoms in total. The molecule has 2 aromatic carbocycles. The molecule has 1 fully saturated rings. The van der Waals surface area contributed by atoms with Gasteiger partial charge in [0, 0.05) is 15.4 Å². The summed E-state index contributed by atoms with van der Waals surface area (Å²) in [4.78, 5) is 0. The van der Waals surface area contributed by atoms with E-state index in [-0.39, 0.29) is 5.92 Å². The van der Waals surface area contributed by atoms with Crippen molar-refractivity contribution in [1.29, 1.82) is 0 Å². The van der Waals surface area contributed by atoms with Crippen molar-refractivity contribution in [2.45, 2.75) is 12.3 Å². The van der Waals surface area contributed by atoms with Gasteiger partial charge in [-0.3, -0.25) is 0 Å². The van der Waals surface area contributed by atoms with E-state index in [0.29, 0.717) is 5.92 Å². The van der Waals surface area contributed by atoms with Gasteiger partial charge < -0.3 is 5.21 Å². The Hall–Kier alpha value is -1.32. The molecule has 2 unspecified atom stereocenters. The largest absolute Gasteiger partial charge is 0.411 e. The molecular formula is C16H13BrClNO. The van der Waals surface area contributed by atoms with Gasteiger partial charge >= 0.3 is 0 Å². The zero-order chi connectivity index (χ0) is 14.1. The summed E-state index contributed by atoms with van der Waals surface area (Å²) in [5, 5.41) is 13.6. The Balaban J connectivity index is 1.80. The first-order valence-electron chi connectivity index (χ1n) is 6.42. The van der Waals surface area contributed by atoms with E-state index >= 15 is 0 Å². The Morgan fingerprint density at radius 2 is 1.75 bits per heavy atom. The van der Waals surface area contributed by atoms with E-state index < -0.39 is 0 Å². The van der Waals surface area contributed by atoms with Crippen LogP contribution < -0.4 is 0 Å². The molecule has 0 spiro atoms. The lowest BCUT2D eigenvalue weighted by Gasteiger charge is -2.05. The second kappa shape index (κ2) is 5.58. The Morgan fingerprint density at radius 3 is 2.35 bits per heavy atom. The number of rotatable bonds is 3. The van der Waals surface area contributed by atoms with Crippen LogP contribution >= 0.6 is 27.5 Å². The normalized spacial score (nSPS) is 21.8. The van der Waals surface area contributed by atoms with Crippen molar-refractivity contribution >= 4 is 33.2 Å². The predicted octanol–water partition coefficient (Wildman–Crippen LogP) is 5.08. The average molecular weight is 351 g/mol. The monoisotopic (exact) mass is 349 g/mol. The third-order valence-corrected chi connectivity index (χ3v) is 4.47. The maximum atomic E-state index is 9.32. The number of hydrogen-bond acceptors (Lipinski definition) is 2. The SMILES string of the molecule is ON=C(c1ccc(Br)cc1)C1CC1c1ccc(Cl)cc1. The molecular weight excluding hydrogens is 338 g/mol. The minimum absolute atomic E-state index is 0.280. The first-order chi connectivity index (χ1) is 9.69. The van der Waals surface area contributed by atoms with Crippen LogP contribution in [0.15, 0.2) is 58.2 Å². The van der Waals surface area contributed by atoms with Crippen molar-refractivity contribution in [2.24, 2.45) is 11.1 Å². The Morgan fingerprint density at radius 1 is 1.10 bits per heavy atom. The highest BCUT2D eigenvalue weighted by Crippen LogP contribution is 2.49. The lowest BCUT2D eigenvalue weighted by atomic mass is 10.0. The predicted molar refractivity (Wildman–Crippen MR) is 84.8 cm³/mol. The van der Waals surface area contributed by atoms with E-state index in [1.807, 2.05) is 48.5 Å². The molecule has 0 radical (unpaired) electrons. The summed E-state index contributed by atoms with van der Waals surface area (Å²) in [6, 6.07) is 15.8. The molecule has 1 saturated carbocycles. The molecule has 2 atom stereocenters. The lowest BCUT2D eigenvalue weighted by Crippen LogP contribution is -2.05. The summed E-state index contributed by atoms with van der Waals surface area (Å²) >= 11 is 9.32. The van der Waals surface area contributed by atoms with E-state index in [4.69, 9.17) is 11.6 Å². The van der Waals surface area contributed by atoms with Crippen molar-refractivity contribution in [3.8, 4) is 0 Å². The molecule has 0 aliphatic heterocycles. The number of nitrogens with zero attached hydrogens (tertiary/aromatic N) is 1. The number of oxime groups is 1. The molecule has 0 bridgehead atoms. The molecule has 102 valence electrons. The molecule has 20 heavy (non-hydrogen) atoms. The van der Waals surface area contributed by atoms with Gasteiger partial charge in [-0.1, -0.05) is 57.0 Å². The summed E-state index contributed by atoms with van der Waals surface area (Å²) in [5.74, 6) is 0.698.